The molecule has 0 aliphatic rings. The van der Waals surface area contributed by atoms with Crippen molar-refractivity contribution in [1.82, 2.24) is 20.1 Å². The Balaban J connectivity index is 1.61. The van der Waals surface area contributed by atoms with Crippen LogP contribution in [0.5, 0.6) is 0 Å². The van der Waals surface area contributed by atoms with Gasteiger partial charge in [-0.2, -0.15) is 0 Å². The minimum Gasteiger partial charge on any atom is -0.342 e. The van der Waals surface area contributed by atoms with Gasteiger partial charge in [-0.25, -0.2) is 4.39 Å². The van der Waals surface area contributed by atoms with E-state index in [-0.39, 0.29) is 29.4 Å². The smallest absolute Gasteiger partial charge is 0.251 e. The zero-order valence-electron chi connectivity index (χ0n) is 16.6. The highest BCUT2D eigenvalue weighted by atomic mass is 32.2. The molecule has 0 radical (unpaired) electrons. The predicted molar refractivity (Wildman–Crippen MR) is 114 cm³/mol. The Morgan fingerprint density at radius 2 is 1.80 bits per heavy atom. The molecule has 2 amide bonds. The molecule has 156 valence electrons. The van der Waals surface area contributed by atoms with Crippen LogP contribution >= 0.6 is 11.8 Å². The summed E-state index contributed by atoms with van der Waals surface area (Å²) in [6.45, 7) is 4.38. The second-order valence-electron chi connectivity index (χ2n) is 6.49. The van der Waals surface area contributed by atoms with E-state index < -0.39 is 0 Å². The van der Waals surface area contributed by atoms with Crippen LogP contribution in [-0.2, 0) is 11.3 Å². The minimum atomic E-state index is -0.362. The SMILES string of the molecule is CCn1c(SCC(=O)Nc2ccc(F)cc2)nnc1[C@@H](C)NC(=O)c1ccccc1. The third kappa shape index (κ3) is 5.44. The number of thioether (sulfide) groups is 1. The van der Waals surface area contributed by atoms with Gasteiger partial charge < -0.3 is 15.2 Å². The Bertz CT molecular complexity index is 1010. The summed E-state index contributed by atoms with van der Waals surface area (Å²) in [7, 11) is 0. The van der Waals surface area contributed by atoms with E-state index in [1.54, 1.807) is 24.3 Å². The summed E-state index contributed by atoms with van der Waals surface area (Å²) >= 11 is 1.25. The van der Waals surface area contributed by atoms with Crippen molar-refractivity contribution in [1.29, 1.82) is 0 Å². The number of amides is 2. The van der Waals surface area contributed by atoms with E-state index in [2.05, 4.69) is 20.8 Å². The van der Waals surface area contributed by atoms with Crippen LogP contribution in [-0.4, -0.2) is 32.3 Å². The molecule has 2 N–H and O–H groups in total. The molecule has 2 aromatic carbocycles. The maximum atomic E-state index is 13.0. The number of halogens is 1. The molecular weight excluding hydrogens is 405 g/mol. The van der Waals surface area contributed by atoms with E-state index in [4.69, 9.17) is 0 Å². The third-order valence-corrected chi connectivity index (χ3v) is 5.26. The summed E-state index contributed by atoms with van der Waals surface area (Å²) in [6, 6.07) is 14.2. The molecule has 0 saturated heterocycles. The lowest BCUT2D eigenvalue weighted by Crippen LogP contribution is -2.28. The number of carbonyl (C=O) groups excluding carboxylic acids is 2. The van der Waals surface area contributed by atoms with Gasteiger partial charge in [0.25, 0.3) is 5.91 Å². The first-order chi connectivity index (χ1) is 14.5. The summed E-state index contributed by atoms with van der Waals surface area (Å²) in [5.74, 6) is -0.0474. The number of anilines is 1. The van der Waals surface area contributed by atoms with Crippen molar-refractivity contribution in [3.05, 3.63) is 71.8 Å². The Kier molecular flexibility index (Phi) is 7.18. The second-order valence-corrected chi connectivity index (χ2v) is 7.43. The number of aromatic nitrogens is 3. The molecule has 0 bridgehead atoms. The van der Waals surface area contributed by atoms with Gasteiger partial charge in [0.15, 0.2) is 11.0 Å². The maximum absolute atomic E-state index is 13.0. The van der Waals surface area contributed by atoms with Crippen LogP contribution in [0.25, 0.3) is 0 Å². The summed E-state index contributed by atoms with van der Waals surface area (Å²) in [4.78, 5) is 24.6. The fourth-order valence-electron chi connectivity index (χ4n) is 2.82. The fraction of sp³-hybridized carbons (Fsp3) is 0.238. The van der Waals surface area contributed by atoms with Gasteiger partial charge >= 0.3 is 0 Å². The Morgan fingerprint density at radius 3 is 2.47 bits per heavy atom. The Morgan fingerprint density at radius 1 is 1.10 bits per heavy atom. The summed E-state index contributed by atoms with van der Waals surface area (Å²) in [5.41, 5.74) is 1.09. The van der Waals surface area contributed by atoms with Crippen molar-refractivity contribution in [3.8, 4) is 0 Å². The highest BCUT2D eigenvalue weighted by Gasteiger charge is 2.20. The zero-order chi connectivity index (χ0) is 21.5. The molecule has 1 atom stereocenters. The first-order valence-electron chi connectivity index (χ1n) is 9.45. The van der Waals surface area contributed by atoms with Crippen molar-refractivity contribution in [2.24, 2.45) is 0 Å². The number of benzene rings is 2. The molecule has 0 fully saturated rings. The molecule has 0 aliphatic carbocycles. The number of nitrogens with one attached hydrogen (secondary N) is 2. The third-order valence-electron chi connectivity index (χ3n) is 4.29. The zero-order valence-corrected chi connectivity index (χ0v) is 17.4. The first-order valence-corrected chi connectivity index (χ1v) is 10.4. The fourth-order valence-corrected chi connectivity index (χ4v) is 3.63. The summed E-state index contributed by atoms with van der Waals surface area (Å²) in [6.07, 6.45) is 0. The van der Waals surface area contributed by atoms with Gasteiger partial charge in [0.1, 0.15) is 5.82 Å². The van der Waals surface area contributed by atoms with Gasteiger partial charge in [-0.05, 0) is 50.2 Å². The van der Waals surface area contributed by atoms with Gasteiger partial charge in [0.05, 0.1) is 11.8 Å². The van der Waals surface area contributed by atoms with Crippen LogP contribution in [0.3, 0.4) is 0 Å². The molecule has 1 aromatic heterocycles. The van der Waals surface area contributed by atoms with Crippen molar-refractivity contribution < 1.29 is 14.0 Å². The van der Waals surface area contributed by atoms with Crippen molar-refractivity contribution in [2.75, 3.05) is 11.1 Å². The average Bonchev–Trinajstić information content (AvgIpc) is 3.17. The van der Waals surface area contributed by atoms with Crippen LogP contribution in [0.1, 0.15) is 36.1 Å². The highest BCUT2D eigenvalue weighted by Crippen LogP contribution is 2.21. The molecular formula is C21H22FN5O2S. The lowest BCUT2D eigenvalue weighted by Gasteiger charge is -2.15. The van der Waals surface area contributed by atoms with Crippen LogP contribution in [0, 0.1) is 5.82 Å². The molecule has 7 nitrogen and oxygen atoms in total. The van der Waals surface area contributed by atoms with E-state index in [1.165, 1.54) is 36.0 Å². The highest BCUT2D eigenvalue weighted by molar-refractivity contribution is 7.99. The second kappa shape index (κ2) is 10.0. The molecule has 3 aromatic rings. The van der Waals surface area contributed by atoms with E-state index in [0.717, 1.165) is 0 Å². The molecule has 0 unspecified atom stereocenters. The number of carbonyl (C=O) groups is 2. The quantitative estimate of drug-likeness (QED) is 0.536. The van der Waals surface area contributed by atoms with Gasteiger partial charge in [-0.1, -0.05) is 30.0 Å². The van der Waals surface area contributed by atoms with E-state index in [1.807, 2.05) is 24.5 Å². The molecule has 3 rings (SSSR count). The lowest BCUT2D eigenvalue weighted by atomic mass is 10.2. The maximum Gasteiger partial charge on any atom is 0.251 e. The molecule has 0 spiro atoms. The average molecular weight is 428 g/mol. The van der Waals surface area contributed by atoms with Gasteiger partial charge in [-0.15, -0.1) is 10.2 Å². The van der Waals surface area contributed by atoms with Crippen LogP contribution in [0.2, 0.25) is 0 Å². The van der Waals surface area contributed by atoms with Crippen molar-refractivity contribution in [3.63, 3.8) is 0 Å². The molecule has 0 saturated carbocycles. The monoisotopic (exact) mass is 427 g/mol. The molecule has 30 heavy (non-hydrogen) atoms. The van der Waals surface area contributed by atoms with Gasteiger partial charge in [0.2, 0.25) is 5.91 Å². The minimum absolute atomic E-state index is 0.125. The number of hydrogen-bond acceptors (Lipinski definition) is 5. The van der Waals surface area contributed by atoms with Crippen molar-refractivity contribution in [2.45, 2.75) is 31.6 Å². The molecule has 9 heteroatoms. The molecule has 1 heterocycles. The first kappa shape index (κ1) is 21.5. The topological polar surface area (TPSA) is 88.9 Å². The van der Waals surface area contributed by atoms with E-state index >= 15 is 0 Å². The summed E-state index contributed by atoms with van der Waals surface area (Å²) in [5, 5.41) is 14.6. The predicted octanol–water partition coefficient (Wildman–Crippen LogP) is 3.66. The van der Waals surface area contributed by atoms with E-state index in [9.17, 15) is 14.0 Å². The van der Waals surface area contributed by atoms with Crippen LogP contribution in [0.15, 0.2) is 59.8 Å². The van der Waals surface area contributed by atoms with Gasteiger partial charge in [0, 0.05) is 17.8 Å². The standard InChI is InChI=1S/C21H22FN5O2S/c1-3-27-19(14(2)23-20(29)15-7-5-4-6-8-15)25-26-21(27)30-13-18(28)24-17-11-9-16(22)10-12-17/h4-12,14H,3,13H2,1-2H3,(H,23,29)(H,24,28)/t14-/m1/s1. The number of hydrogen-bond donors (Lipinski definition) is 2. The van der Waals surface area contributed by atoms with Crippen LogP contribution in [0.4, 0.5) is 10.1 Å². The van der Waals surface area contributed by atoms with Crippen LogP contribution < -0.4 is 10.6 Å². The Hall–Kier alpha value is -3.20. The molecule has 0 aliphatic heterocycles. The van der Waals surface area contributed by atoms with E-state index in [0.29, 0.717) is 28.8 Å². The van der Waals surface area contributed by atoms with Gasteiger partial charge in [-0.3, -0.25) is 9.59 Å². The Labute approximate surface area is 178 Å². The van der Waals surface area contributed by atoms with Crippen molar-refractivity contribution >= 4 is 29.3 Å². The number of nitrogens with zero attached hydrogens (tertiary/aromatic N) is 3. The normalized spacial score (nSPS) is 11.7. The lowest BCUT2D eigenvalue weighted by molar-refractivity contribution is -0.113. The largest absolute Gasteiger partial charge is 0.342 e. The number of rotatable bonds is 8. The summed E-state index contributed by atoms with van der Waals surface area (Å²) < 4.78 is 14.8.